The summed E-state index contributed by atoms with van der Waals surface area (Å²) in [7, 11) is 0. The van der Waals surface area contributed by atoms with Crippen molar-refractivity contribution >= 4 is 11.7 Å². The largest absolute Gasteiger partial charge is 0.466 e. The number of anilines is 1. The molecule has 3 nitrogen and oxygen atoms in total. The van der Waals surface area contributed by atoms with Crippen LogP contribution in [-0.4, -0.2) is 19.1 Å². The number of ether oxygens (including phenoxy) is 1. The van der Waals surface area contributed by atoms with E-state index in [0.29, 0.717) is 13.0 Å². The van der Waals surface area contributed by atoms with E-state index in [2.05, 4.69) is 24.4 Å². The lowest BCUT2D eigenvalue weighted by Crippen LogP contribution is -2.10. The molecule has 1 aromatic carbocycles. The Morgan fingerprint density at radius 3 is 2.25 bits per heavy atom. The van der Waals surface area contributed by atoms with Gasteiger partial charge in [-0.1, -0.05) is 82.2 Å². The first-order valence-corrected chi connectivity index (χ1v) is 11.4. The van der Waals surface area contributed by atoms with Crippen LogP contribution >= 0.6 is 0 Å². The van der Waals surface area contributed by atoms with Crippen molar-refractivity contribution in [3.63, 3.8) is 0 Å². The zero-order valence-corrected chi connectivity index (χ0v) is 18.2. The van der Waals surface area contributed by atoms with E-state index in [1.165, 1.54) is 57.8 Å². The molecule has 0 bridgehead atoms. The van der Waals surface area contributed by atoms with Crippen LogP contribution in [0.15, 0.2) is 36.4 Å². The first-order valence-electron chi connectivity index (χ1n) is 11.4. The number of para-hydroxylation sites is 1. The van der Waals surface area contributed by atoms with Gasteiger partial charge in [0.1, 0.15) is 0 Å². The molecule has 1 rings (SSSR count). The molecule has 158 valence electrons. The Bertz CT molecular complexity index is 539. The minimum atomic E-state index is -0.166. The number of hydrogen-bond donors (Lipinski definition) is 1. The van der Waals surface area contributed by atoms with Crippen LogP contribution in [0.2, 0.25) is 0 Å². The van der Waals surface area contributed by atoms with Crippen molar-refractivity contribution in [2.24, 2.45) is 0 Å². The third-order valence-corrected chi connectivity index (χ3v) is 4.91. The average molecular weight is 388 g/mol. The third kappa shape index (κ3) is 12.6. The molecule has 28 heavy (non-hydrogen) atoms. The molecule has 0 heterocycles. The van der Waals surface area contributed by atoms with Crippen molar-refractivity contribution in [3.05, 3.63) is 42.0 Å². The molecule has 0 aliphatic rings. The minimum Gasteiger partial charge on any atom is -0.466 e. The number of allylic oxidation sites excluding steroid dienone is 2. The van der Waals surface area contributed by atoms with Crippen molar-refractivity contribution < 1.29 is 9.53 Å². The Morgan fingerprint density at radius 1 is 0.893 bits per heavy atom. The number of nitrogens with one attached hydrogen (secondary N) is 1. The van der Waals surface area contributed by atoms with Gasteiger partial charge in [-0.15, -0.1) is 0 Å². The average Bonchev–Trinajstić information content (AvgIpc) is 2.69. The number of carbonyl (C=O) groups excluding carboxylic acids is 1. The second-order valence-electron chi connectivity index (χ2n) is 7.44. The van der Waals surface area contributed by atoms with E-state index < -0.39 is 0 Å². The van der Waals surface area contributed by atoms with Gasteiger partial charge >= 0.3 is 5.97 Å². The van der Waals surface area contributed by atoms with Crippen molar-refractivity contribution in [1.82, 2.24) is 0 Å². The molecule has 0 aliphatic heterocycles. The smallest absolute Gasteiger partial charge is 0.310 e. The maximum atomic E-state index is 11.7. The Balaban J connectivity index is 2.07. The fourth-order valence-corrected chi connectivity index (χ4v) is 3.29. The Labute approximate surface area is 173 Å². The lowest BCUT2D eigenvalue weighted by Gasteiger charge is -2.11. The van der Waals surface area contributed by atoms with E-state index in [9.17, 15) is 4.79 Å². The van der Waals surface area contributed by atoms with E-state index in [0.717, 1.165) is 30.6 Å². The van der Waals surface area contributed by atoms with Crippen molar-refractivity contribution in [2.45, 2.75) is 90.9 Å². The SMILES string of the molecule is CCCCCCCCCC/C=C/CCCNc1ccccc1CC(=O)OCC. The maximum absolute atomic E-state index is 11.7. The van der Waals surface area contributed by atoms with Gasteiger partial charge in [-0.2, -0.15) is 0 Å². The van der Waals surface area contributed by atoms with Gasteiger partial charge in [0.25, 0.3) is 0 Å². The lowest BCUT2D eigenvalue weighted by atomic mass is 10.1. The second-order valence-corrected chi connectivity index (χ2v) is 7.44. The fourth-order valence-electron chi connectivity index (χ4n) is 3.29. The number of hydrogen-bond acceptors (Lipinski definition) is 3. The highest BCUT2D eigenvalue weighted by atomic mass is 16.5. The zero-order chi connectivity index (χ0) is 20.3. The Morgan fingerprint density at radius 2 is 1.54 bits per heavy atom. The van der Waals surface area contributed by atoms with E-state index in [4.69, 9.17) is 4.74 Å². The molecule has 0 amide bonds. The maximum Gasteiger partial charge on any atom is 0.310 e. The first-order chi connectivity index (χ1) is 13.8. The Kier molecular flexibility index (Phi) is 15.0. The van der Waals surface area contributed by atoms with Crippen LogP contribution in [0, 0.1) is 0 Å². The van der Waals surface area contributed by atoms with Gasteiger partial charge in [0.2, 0.25) is 0 Å². The highest BCUT2D eigenvalue weighted by molar-refractivity contribution is 5.75. The van der Waals surface area contributed by atoms with Gasteiger partial charge in [-0.25, -0.2) is 0 Å². The second kappa shape index (κ2) is 17.3. The van der Waals surface area contributed by atoms with Crippen LogP contribution in [-0.2, 0) is 16.0 Å². The van der Waals surface area contributed by atoms with E-state index in [1.807, 2.05) is 31.2 Å². The van der Waals surface area contributed by atoms with Gasteiger partial charge in [0, 0.05) is 12.2 Å². The topological polar surface area (TPSA) is 38.3 Å². The molecule has 0 saturated carbocycles. The van der Waals surface area contributed by atoms with Gasteiger partial charge in [-0.05, 0) is 44.2 Å². The molecular weight excluding hydrogens is 346 g/mol. The summed E-state index contributed by atoms with van der Waals surface area (Å²) in [6.07, 6.45) is 19.5. The molecule has 0 aliphatic carbocycles. The highest BCUT2D eigenvalue weighted by Crippen LogP contribution is 2.16. The normalized spacial score (nSPS) is 11.1. The molecular formula is C25H41NO2. The fraction of sp³-hybridized carbons (Fsp3) is 0.640. The van der Waals surface area contributed by atoms with Crippen LogP contribution in [0.1, 0.15) is 90.0 Å². The van der Waals surface area contributed by atoms with Crippen molar-refractivity contribution in [3.8, 4) is 0 Å². The molecule has 0 saturated heterocycles. The number of benzene rings is 1. The molecule has 0 radical (unpaired) electrons. The van der Waals surface area contributed by atoms with Crippen LogP contribution in [0.5, 0.6) is 0 Å². The molecule has 0 aromatic heterocycles. The predicted octanol–water partition coefficient (Wildman–Crippen LogP) is 7.07. The summed E-state index contributed by atoms with van der Waals surface area (Å²) in [5, 5.41) is 3.46. The summed E-state index contributed by atoms with van der Waals surface area (Å²) in [6.45, 7) is 5.46. The summed E-state index contributed by atoms with van der Waals surface area (Å²) >= 11 is 0. The first kappa shape index (κ1) is 24.3. The van der Waals surface area contributed by atoms with E-state index in [-0.39, 0.29) is 5.97 Å². The summed E-state index contributed by atoms with van der Waals surface area (Å²) in [5.41, 5.74) is 2.05. The molecule has 3 heteroatoms. The molecule has 1 aromatic rings. The lowest BCUT2D eigenvalue weighted by molar-refractivity contribution is -0.142. The summed E-state index contributed by atoms with van der Waals surface area (Å²) in [4.78, 5) is 11.7. The van der Waals surface area contributed by atoms with E-state index in [1.54, 1.807) is 0 Å². The van der Waals surface area contributed by atoms with Gasteiger partial charge < -0.3 is 10.1 Å². The summed E-state index contributed by atoms with van der Waals surface area (Å²) < 4.78 is 5.05. The van der Waals surface area contributed by atoms with Crippen molar-refractivity contribution in [1.29, 1.82) is 0 Å². The molecule has 1 N–H and O–H groups in total. The van der Waals surface area contributed by atoms with Gasteiger partial charge in [0.15, 0.2) is 0 Å². The van der Waals surface area contributed by atoms with Crippen LogP contribution in [0.25, 0.3) is 0 Å². The van der Waals surface area contributed by atoms with Gasteiger partial charge in [0.05, 0.1) is 13.0 Å². The summed E-state index contributed by atoms with van der Waals surface area (Å²) in [6, 6.07) is 7.99. The van der Waals surface area contributed by atoms with Crippen molar-refractivity contribution in [2.75, 3.05) is 18.5 Å². The number of rotatable bonds is 17. The number of unbranched alkanes of at least 4 members (excludes halogenated alkanes) is 9. The van der Waals surface area contributed by atoms with Crippen LogP contribution < -0.4 is 5.32 Å². The molecule has 0 unspecified atom stereocenters. The zero-order valence-electron chi connectivity index (χ0n) is 18.2. The van der Waals surface area contributed by atoms with Crippen LogP contribution in [0.4, 0.5) is 5.69 Å². The summed E-state index contributed by atoms with van der Waals surface area (Å²) in [5.74, 6) is -0.166. The minimum absolute atomic E-state index is 0.166. The number of esters is 1. The van der Waals surface area contributed by atoms with Crippen LogP contribution in [0.3, 0.4) is 0 Å². The molecule has 0 fully saturated rings. The Hall–Kier alpha value is -1.77. The standard InChI is InChI=1S/C25H41NO2/c1-3-5-6-7-8-9-10-11-12-13-14-15-18-21-26-24-20-17-16-19-23(24)22-25(27)28-4-2/h13-14,16-17,19-20,26H,3-12,15,18,21-22H2,1-2H3/b14-13+. The highest BCUT2D eigenvalue weighted by Gasteiger charge is 2.07. The van der Waals surface area contributed by atoms with Gasteiger partial charge in [-0.3, -0.25) is 4.79 Å². The quantitative estimate of drug-likeness (QED) is 0.176. The third-order valence-electron chi connectivity index (χ3n) is 4.91. The van der Waals surface area contributed by atoms with E-state index >= 15 is 0 Å². The molecule has 0 spiro atoms. The number of carbonyl (C=O) groups is 1. The monoisotopic (exact) mass is 387 g/mol. The molecule has 0 atom stereocenters. The predicted molar refractivity (Wildman–Crippen MR) is 121 cm³/mol.